The maximum absolute atomic E-state index is 10.00. The van der Waals surface area contributed by atoms with E-state index in [1.54, 1.807) is 11.3 Å². The maximum atomic E-state index is 10.00. The molecule has 0 saturated heterocycles. The first kappa shape index (κ1) is 14.6. The number of hydrogen-bond donors (Lipinski definition) is 3. The number of aliphatic hydroxyl groups excluding tert-OH is 2. The minimum Gasteiger partial charge on any atom is -0.395 e. The van der Waals surface area contributed by atoms with Crippen molar-refractivity contribution in [3.63, 3.8) is 0 Å². The molecule has 0 fully saturated rings. The first-order chi connectivity index (χ1) is 7.93. The van der Waals surface area contributed by atoms with E-state index in [1.807, 2.05) is 32.2 Å². The Bertz CT molecular complexity index is 306. The van der Waals surface area contributed by atoms with Gasteiger partial charge >= 0.3 is 0 Å². The summed E-state index contributed by atoms with van der Waals surface area (Å²) >= 11 is 1.69. The van der Waals surface area contributed by atoms with Crippen LogP contribution in [0.4, 0.5) is 0 Å². The highest BCUT2D eigenvalue weighted by Gasteiger charge is 2.25. The summed E-state index contributed by atoms with van der Waals surface area (Å²) in [5.74, 6) is 0. The Labute approximate surface area is 107 Å². The molecular formula is C13H23NO2S. The molecule has 98 valence electrons. The molecule has 1 aromatic rings. The molecule has 3 nitrogen and oxygen atoms in total. The quantitative estimate of drug-likeness (QED) is 0.730. The number of nitrogens with one attached hydrogen (secondary N) is 1. The van der Waals surface area contributed by atoms with Gasteiger partial charge in [-0.15, -0.1) is 11.3 Å². The summed E-state index contributed by atoms with van der Waals surface area (Å²) in [7, 11) is 0. The van der Waals surface area contributed by atoms with E-state index >= 15 is 0 Å². The average molecular weight is 257 g/mol. The van der Waals surface area contributed by atoms with Crippen LogP contribution in [0.5, 0.6) is 0 Å². The van der Waals surface area contributed by atoms with Gasteiger partial charge in [0.05, 0.1) is 12.7 Å². The lowest BCUT2D eigenvalue weighted by Crippen LogP contribution is -2.39. The van der Waals surface area contributed by atoms with Gasteiger partial charge in [-0.25, -0.2) is 0 Å². The van der Waals surface area contributed by atoms with Gasteiger partial charge in [0.1, 0.15) is 0 Å². The monoisotopic (exact) mass is 257 g/mol. The van der Waals surface area contributed by atoms with Crippen LogP contribution in [0.2, 0.25) is 0 Å². The Kier molecular flexibility index (Phi) is 5.59. The van der Waals surface area contributed by atoms with E-state index in [4.69, 9.17) is 0 Å². The molecule has 2 atom stereocenters. The normalized spacial score (nSPS) is 15.8. The molecule has 0 aliphatic heterocycles. The summed E-state index contributed by atoms with van der Waals surface area (Å²) in [6, 6.07) is 4.03. The van der Waals surface area contributed by atoms with Gasteiger partial charge in [0.25, 0.3) is 0 Å². The van der Waals surface area contributed by atoms with Crippen molar-refractivity contribution in [1.82, 2.24) is 5.32 Å². The summed E-state index contributed by atoms with van der Waals surface area (Å²) in [4.78, 5) is 1.24. The lowest BCUT2D eigenvalue weighted by Gasteiger charge is -2.29. The van der Waals surface area contributed by atoms with Crippen molar-refractivity contribution >= 4 is 11.3 Å². The fraction of sp³-hybridized carbons (Fsp3) is 0.692. The van der Waals surface area contributed by atoms with Gasteiger partial charge in [0, 0.05) is 17.5 Å². The van der Waals surface area contributed by atoms with E-state index in [9.17, 15) is 10.2 Å². The molecule has 4 heteroatoms. The predicted molar refractivity (Wildman–Crippen MR) is 72.1 cm³/mol. The molecule has 3 N–H and O–H groups in total. The lowest BCUT2D eigenvalue weighted by atomic mass is 9.85. The molecule has 0 saturated carbocycles. The molecule has 1 aromatic heterocycles. The predicted octanol–water partition coefficient (Wildman–Crippen LogP) is 2.00. The zero-order valence-corrected chi connectivity index (χ0v) is 11.6. The minimum absolute atomic E-state index is 0.0497. The number of hydrogen-bond acceptors (Lipinski definition) is 4. The van der Waals surface area contributed by atoms with Gasteiger partial charge < -0.3 is 15.5 Å². The van der Waals surface area contributed by atoms with Crippen LogP contribution >= 0.6 is 11.3 Å². The summed E-state index contributed by atoms with van der Waals surface area (Å²) in [6.45, 7) is 6.82. The highest BCUT2D eigenvalue weighted by atomic mass is 32.1. The van der Waals surface area contributed by atoms with Crippen molar-refractivity contribution in [2.75, 3.05) is 6.61 Å². The van der Waals surface area contributed by atoms with Crippen LogP contribution in [0.25, 0.3) is 0 Å². The first-order valence-electron chi connectivity index (χ1n) is 5.98. The molecule has 0 aliphatic rings. The fourth-order valence-electron chi connectivity index (χ4n) is 1.50. The Balaban J connectivity index is 2.38. The van der Waals surface area contributed by atoms with E-state index in [1.165, 1.54) is 4.88 Å². The van der Waals surface area contributed by atoms with Crippen LogP contribution in [0.3, 0.4) is 0 Å². The van der Waals surface area contributed by atoms with Crippen molar-refractivity contribution in [3.05, 3.63) is 22.4 Å². The van der Waals surface area contributed by atoms with E-state index in [0.29, 0.717) is 6.42 Å². The van der Waals surface area contributed by atoms with Crippen LogP contribution in [0.15, 0.2) is 17.5 Å². The molecule has 1 heterocycles. The first-order valence-corrected chi connectivity index (χ1v) is 6.86. The molecular weight excluding hydrogens is 234 g/mol. The fourth-order valence-corrected chi connectivity index (χ4v) is 2.16. The number of rotatable bonds is 6. The zero-order chi connectivity index (χ0) is 12.9. The second kappa shape index (κ2) is 6.50. The Morgan fingerprint density at radius 3 is 2.59 bits per heavy atom. The van der Waals surface area contributed by atoms with E-state index in [0.717, 1.165) is 6.54 Å². The lowest BCUT2D eigenvalue weighted by molar-refractivity contribution is 0.0389. The number of aliphatic hydroxyl groups is 2. The van der Waals surface area contributed by atoms with Crippen LogP contribution in [0, 0.1) is 5.41 Å². The van der Waals surface area contributed by atoms with Crippen molar-refractivity contribution in [3.8, 4) is 0 Å². The van der Waals surface area contributed by atoms with E-state index < -0.39 is 6.10 Å². The van der Waals surface area contributed by atoms with Crippen LogP contribution in [-0.2, 0) is 6.54 Å². The highest BCUT2D eigenvalue weighted by molar-refractivity contribution is 7.09. The SMILES string of the molecule is CC(C)(C)[C@H](O)C[C@H](CO)NCc1cccs1. The van der Waals surface area contributed by atoms with Crippen LogP contribution in [0.1, 0.15) is 32.1 Å². The van der Waals surface area contributed by atoms with Crippen molar-refractivity contribution in [2.45, 2.75) is 45.9 Å². The molecule has 0 unspecified atom stereocenters. The smallest absolute Gasteiger partial charge is 0.0604 e. The van der Waals surface area contributed by atoms with E-state index in [-0.39, 0.29) is 18.1 Å². The molecule has 17 heavy (non-hydrogen) atoms. The Morgan fingerprint density at radius 2 is 2.12 bits per heavy atom. The van der Waals surface area contributed by atoms with Gasteiger partial charge in [-0.3, -0.25) is 0 Å². The van der Waals surface area contributed by atoms with Crippen molar-refractivity contribution in [2.24, 2.45) is 5.41 Å². The zero-order valence-electron chi connectivity index (χ0n) is 10.8. The number of thiophene rings is 1. The molecule has 1 rings (SSSR count). The van der Waals surface area contributed by atoms with Crippen molar-refractivity contribution in [1.29, 1.82) is 0 Å². The van der Waals surface area contributed by atoms with Crippen LogP contribution < -0.4 is 5.32 Å². The average Bonchev–Trinajstić information content (AvgIpc) is 2.75. The van der Waals surface area contributed by atoms with Crippen molar-refractivity contribution < 1.29 is 10.2 Å². The topological polar surface area (TPSA) is 52.5 Å². The molecule has 0 bridgehead atoms. The summed E-state index contributed by atoms with van der Waals surface area (Å²) < 4.78 is 0. The van der Waals surface area contributed by atoms with E-state index in [2.05, 4.69) is 11.4 Å². The summed E-state index contributed by atoms with van der Waals surface area (Å²) in [5.41, 5.74) is -0.141. The molecule has 0 aromatic carbocycles. The minimum atomic E-state index is -0.407. The van der Waals surface area contributed by atoms with Gasteiger partial charge in [-0.1, -0.05) is 26.8 Å². The Morgan fingerprint density at radius 1 is 1.41 bits per heavy atom. The standard InChI is InChI=1S/C13H23NO2S/c1-13(2,3)12(16)7-10(9-15)14-8-11-5-4-6-17-11/h4-6,10,12,14-16H,7-9H2,1-3H3/t10-,12-/m1/s1. The largest absolute Gasteiger partial charge is 0.395 e. The maximum Gasteiger partial charge on any atom is 0.0604 e. The van der Waals surface area contributed by atoms with Crippen LogP contribution in [-0.4, -0.2) is 29.0 Å². The second-order valence-electron chi connectivity index (χ2n) is 5.46. The molecule has 0 spiro atoms. The molecule has 0 radical (unpaired) electrons. The summed E-state index contributed by atoms with van der Waals surface area (Å²) in [6.07, 6.45) is 0.168. The summed E-state index contributed by atoms with van der Waals surface area (Å²) in [5, 5.41) is 24.6. The van der Waals surface area contributed by atoms with Gasteiger partial charge in [-0.05, 0) is 23.3 Å². The van der Waals surface area contributed by atoms with Gasteiger partial charge in [0.15, 0.2) is 0 Å². The third-order valence-electron chi connectivity index (χ3n) is 2.87. The molecule has 0 amide bonds. The molecule has 0 aliphatic carbocycles. The van der Waals surface area contributed by atoms with Gasteiger partial charge in [-0.2, -0.15) is 0 Å². The highest BCUT2D eigenvalue weighted by Crippen LogP contribution is 2.22. The third kappa shape index (κ3) is 5.17. The Hall–Kier alpha value is -0.420. The second-order valence-corrected chi connectivity index (χ2v) is 6.49. The third-order valence-corrected chi connectivity index (χ3v) is 3.75. The van der Waals surface area contributed by atoms with Gasteiger partial charge in [0.2, 0.25) is 0 Å².